The Morgan fingerprint density at radius 1 is 1.26 bits per heavy atom. The van der Waals surface area contributed by atoms with E-state index in [-0.39, 0.29) is 11.3 Å². The van der Waals surface area contributed by atoms with Crippen molar-refractivity contribution in [2.45, 2.75) is 13.0 Å². The van der Waals surface area contributed by atoms with Gasteiger partial charge in [-0.05, 0) is 31.2 Å². The number of nitrogens with zero attached hydrogens (tertiary/aromatic N) is 2. The minimum absolute atomic E-state index is 0.135. The second-order valence-corrected chi connectivity index (χ2v) is 7.31. The highest BCUT2D eigenvalue weighted by atomic mass is 79.9. The number of benzene rings is 2. The molecule has 0 radical (unpaired) electrons. The molecule has 3 rings (SSSR count). The third-order valence-electron chi connectivity index (χ3n) is 4.33. The van der Waals surface area contributed by atoms with Crippen LogP contribution in [0, 0.1) is 15.9 Å². The van der Waals surface area contributed by atoms with Gasteiger partial charge in [-0.15, -0.1) is 0 Å². The van der Waals surface area contributed by atoms with Crippen LogP contribution in [0.25, 0.3) is 0 Å². The van der Waals surface area contributed by atoms with Gasteiger partial charge in [-0.2, -0.15) is 0 Å². The molecule has 10 nitrogen and oxygen atoms in total. The smallest absolute Gasteiger partial charge is 0.326 e. The summed E-state index contributed by atoms with van der Waals surface area (Å²) in [5, 5.41) is 13.4. The fraction of sp³-hybridized carbons (Fsp3) is 0.158. The summed E-state index contributed by atoms with van der Waals surface area (Å²) in [7, 11) is 0. The van der Waals surface area contributed by atoms with Crippen molar-refractivity contribution in [2.24, 2.45) is 0 Å². The maximum absolute atomic E-state index is 13.8. The van der Waals surface area contributed by atoms with Gasteiger partial charge in [0.25, 0.3) is 23.4 Å². The molecule has 0 fully saturated rings. The highest BCUT2D eigenvalue weighted by Gasteiger charge is 2.42. The number of carbonyl (C=O) groups is 4. The first-order chi connectivity index (χ1) is 14.6. The van der Waals surface area contributed by atoms with Crippen LogP contribution < -0.4 is 5.32 Å². The number of nitrogens with one attached hydrogen (secondary N) is 1. The summed E-state index contributed by atoms with van der Waals surface area (Å²) in [6.07, 6.45) is -1.37. The Hall–Kier alpha value is -3.67. The number of hydrogen-bond donors (Lipinski definition) is 1. The summed E-state index contributed by atoms with van der Waals surface area (Å²) in [6, 6.07) is 7.48. The predicted molar refractivity (Wildman–Crippen MR) is 107 cm³/mol. The van der Waals surface area contributed by atoms with Gasteiger partial charge >= 0.3 is 5.97 Å². The zero-order valence-electron chi connectivity index (χ0n) is 15.8. The molecule has 1 aliphatic heterocycles. The largest absolute Gasteiger partial charge is 0.451 e. The van der Waals surface area contributed by atoms with Crippen molar-refractivity contribution in [2.75, 3.05) is 11.9 Å². The molecule has 1 heterocycles. The van der Waals surface area contributed by atoms with Gasteiger partial charge in [0.1, 0.15) is 17.9 Å². The van der Waals surface area contributed by atoms with Crippen LogP contribution >= 0.6 is 15.9 Å². The normalized spacial score (nSPS) is 13.6. The summed E-state index contributed by atoms with van der Waals surface area (Å²) in [5.41, 5.74) is -1.31. The lowest BCUT2D eigenvalue weighted by Crippen LogP contribution is -2.38. The lowest BCUT2D eigenvalue weighted by atomic mass is 10.1. The summed E-state index contributed by atoms with van der Waals surface area (Å²) >= 11 is 3.08. The van der Waals surface area contributed by atoms with E-state index < -0.39 is 58.3 Å². The van der Waals surface area contributed by atoms with Crippen LogP contribution in [-0.4, -0.2) is 46.2 Å². The minimum Gasteiger partial charge on any atom is -0.451 e. The molecule has 0 saturated heterocycles. The summed E-state index contributed by atoms with van der Waals surface area (Å²) in [5.74, 6) is -4.56. The van der Waals surface area contributed by atoms with E-state index in [0.717, 1.165) is 12.1 Å². The average Bonchev–Trinajstić information content (AvgIpc) is 2.94. The summed E-state index contributed by atoms with van der Waals surface area (Å²) in [6.45, 7) is 0.366. The van der Waals surface area contributed by atoms with Crippen molar-refractivity contribution >= 4 is 51.0 Å². The summed E-state index contributed by atoms with van der Waals surface area (Å²) < 4.78 is 19.2. The van der Waals surface area contributed by atoms with Crippen LogP contribution in [0.3, 0.4) is 0 Å². The Balaban J connectivity index is 1.66. The highest BCUT2D eigenvalue weighted by Crippen LogP contribution is 2.30. The van der Waals surface area contributed by atoms with E-state index in [1.165, 1.54) is 31.2 Å². The maximum Gasteiger partial charge on any atom is 0.326 e. The lowest BCUT2D eigenvalue weighted by Gasteiger charge is -2.17. The van der Waals surface area contributed by atoms with Gasteiger partial charge in [0.2, 0.25) is 0 Å². The van der Waals surface area contributed by atoms with Gasteiger partial charge < -0.3 is 10.1 Å². The van der Waals surface area contributed by atoms with E-state index in [2.05, 4.69) is 21.2 Å². The molecule has 12 heteroatoms. The van der Waals surface area contributed by atoms with E-state index in [1.54, 1.807) is 0 Å². The molecule has 31 heavy (non-hydrogen) atoms. The van der Waals surface area contributed by atoms with Gasteiger partial charge in [-0.1, -0.05) is 22.0 Å². The van der Waals surface area contributed by atoms with Gasteiger partial charge in [-0.3, -0.25) is 34.2 Å². The Morgan fingerprint density at radius 3 is 2.61 bits per heavy atom. The Bertz CT molecular complexity index is 1140. The molecule has 1 N–H and O–H groups in total. The Morgan fingerprint density at radius 2 is 1.97 bits per heavy atom. The number of nitro benzene ring substituents is 1. The van der Waals surface area contributed by atoms with E-state index in [4.69, 9.17) is 4.74 Å². The number of hydrogen-bond acceptors (Lipinski definition) is 7. The van der Waals surface area contributed by atoms with Crippen molar-refractivity contribution in [3.63, 3.8) is 0 Å². The molecular weight excluding hydrogens is 481 g/mol. The quantitative estimate of drug-likeness (QED) is 0.282. The molecule has 1 unspecified atom stereocenters. The second-order valence-electron chi connectivity index (χ2n) is 6.40. The van der Waals surface area contributed by atoms with Crippen molar-refractivity contribution in [3.8, 4) is 0 Å². The van der Waals surface area contributed by atoms with Crippen molar-refractivity contribution in [3.05, 3.63) is 67.9 Å². The first kappa shape index (κ1) is 22.0. The zero-order chi connectivity index (χ0) is 22.9. The topological polar surface area (TPSA) is 136 Å². The van der Waals surface area contributed by atoms with Gasteiger partial charge in [-0.25, -0.2) is 4.39 Å². The molecular formula is C19H13BrFN3O7. The fourth-order valence-electron chi connectivity index (χ4n) is 2.85. The minimum atomic E-state index is -1.37. The van der Waals surface area contributed by atoms with Crippen LogP contribution in [0.2, 0.25) is 0 Å². The average molecular weight is 494 g/mol. The molecule has 2 aromatic carbocycles. The molecule has 1 aliphatic rings. The monoisotopic (exact) mass is 493 g/mol. The van der Waals surface area contributed by atoms with Crippen LogP contribution in [0.5, 0.6) is 0 Å². The third-order valence-corrected chi connectivity index (χ3v) is 4.82. The van der Waals surface area contributed by atoms with Crippen LogP contribution in [0.1, 0.15) is 27.6 Å². The molecule has 0 saturated carbocycles. The number of esters is 1. The number of imide groups is 1. The van der Waals surface area contributed by atoms with Gasteiger partial charge in [0.15, 0.2) is 6.10 Å². The molecule has 2 aromatic rings. The Labute approximate surface area is 182 Å². The number of nitro groups is 1. The molecule has 0 spiro atoms. The van der Waals surface area contributed by atoms with E-state index in [1.807, 2.05) is 0 Å². The number of halogens is 2. The Kier molecular flexibility index (Phi) is 6.11. The number of amides is 3. The molecule has 0 aromatic heterocycles. The lowest BCUT2D eigenvalue weighted by molar-refractivity contribution is -0.385. The fourth-order valence-corrected chi connectivity index (χ4v) is 3.19. The zero-order valence-corrected chi connectivity index (χ0v) is 17.3. The third kappa shape index (κ3) is 4.43. The predicted octanol–water partition coefficient (Wildman–Crippen LogP) is 2.66. The number of anilines is 1. The van der Waals surface area contributed by atoms with Crippen LogP contribution in [-0.2, 0) is 14.3 Å². The van der Waals surface area contributed by atoms with Crippen molar-refractivity contribution in [1.29, 1.82) is 0 Å². The number of rotatable bonds is 6. The molecule has 0 aliphatic carbocycles. The van der Waals surface area contributed by atoms with E-state index in [0.29, 0.717) is 9.37 Å². The standard InChI is InChI=1S/C19H13BrFN3O7/c1-9(17(26)22-13-6-5-10(20)7-12(13)21)31-15(25)8-23-18(27)11-3-2-4-14(24(29)30)16(11)19(23)28/h2-7,9H,8H2,1H3,(H,22,26). The molecule has 3 amide bonds. The number of fused-ring (bicyclic) bond motifs is 1. The van der Waals surface area contributed by atoms with Crippen LogP contribution in [0.4, 0.5) is 15.8 Å². The molecule has 160 valence electrons. The van der Waals surface area contributed by atoms with Crippen molar-refractivity contribution in [1.82, 2.24) is 4.90 Å². The first-order valence-corrected chi connectivity index (χ1v) is 9.48. The second kappa shape index (κ2) is 8.60. The molecule has 0 bridgehead atoms. The number of carbonyl (C=O) groups excluding carboxylic acids is 4. The van der Waals surface area contributed by atoms with E-state index in [9.17, 15) is 33.7 Å². The van der Waals surface area contributed by atoms with Gasteiger partial charge in [0, 0.05) is 10.5 Å². The highest BCUT2D eigenvalue weighted by molar-refractivity contribution is 9.10. The van der Waals surface area contributed by atoms with E-state index >= 15 is 0 Å². The first-order valence-electron chi connectivity index (χ1n) is 8.69. The van der Waals surface area contributed by atoms with Gasteiger partial charge in [0.05, 0.1) is 16.2 Å². The summed E-state index contributed by atoms with van der Waals surface area (Å²) in [4.78, 5) is 60.0. The SMILES string of the molecule is CC(OC(=O)CN1C(=O)c2cccc([N+](=O)[O-])c2C1=O)C(=O)Nc1ccc(Br)cc1F. The van der Waals surface area contributed by atoms with Crippen LogP contribution in [0.15, 0.2) is 40.9 Å². The maximum atomic E-state index is 13.8. The number of ether oxygens (including phenoxy) is 1. The van der Waals surface area contributed by atoms with Crippen molar-refractivity contribution < 1.29 is 33.2 Å². The molecule has 1 atom stereocenters.